The molecule has 0 saturated carbocycles. The second-order valence-corrected chi connectivity index (χ2v) is 6.71. The van der Waals surface area contributed by atoms with Gasteiger partial charge in [0.1, 0.15) is 5.75 Å². The number of sulfonamides is 1. The van der Waals surface area contributed by atoms with Gasteiger partial charge in [-0.25, -0.2) is 8.42 Å². The summed E-state index contributed by atoms with van der Waals surface area (Å²) in [7, 11) is -3.45. The lowest BCUT2D eigenvalue weighted by molar-refractivity contribution is 0.458. The fraction of sp³-hybridized carbons (Fsp3) is 0.500. The molecule has 5 heteroatoms. The van der Waals surface area contributed by atoms with Crippen LogP contribution in [0.4, 0.5) is 0 Å². The van der Waals surface area contributed by atoms with Crippen molar-refractivity contribution in [2.45, 2.75) is 18.7 Å². The highest BCUT2D eigenvalue weighted by molar-refractivity contribution is 7.89. The molecule has 1 aromatic rings. The van der Waals surface area contributed by atoms with Crippen LogP contribution in [0.1, 0.15) is 13.8 Å². The number of phenolic OH excluding ortho intramolecular Hbond substituents is 1. The highest BCUT2D eigenvalue weighted by atomic mass is 32.2. The SMILES string of the molecule is CC1CN(S(=O)(=O)c2cccc(O)c2)CC1C. The van der Waals surface area contributed by atoms with Crippen LogP contribution in [-0.4, -0.2) is 30.9 Å². The van der Waals surface area contributed by atoms with E-state index < -0.39 is 10.0 Å². The molecule has 1 aliphatic rings. The molecular weight excluding hydrogens is 238 g/mol. The molecule has 1 aromatic carbocycles. The largest absolute Gasteiger partial charge is 0.508 e. The van der Waals surface area contributed by atoms with E-state index >= 15 is 0 Å². The zero-order valence-electron chi connectivity index (χ0n) is 10.00. The zero-order chi connectivity index (χ0) is 12.6. The van der Waals surface area contributed by atoms with E-state index in [4.69, 9.17) is 0 Å². The number of hydrogen-bond acceptors (Lipinski definition) is 3. The quantitative estimate of drug-likeness (QED) is 0.874. The van der Waals surface area contributed by atoms with Gasteiger partial charge >= 0.3 is 0 Å². The van der Waals surface area contributed by atoms with Crippen molar-refractivity contribution in [2.75, 3.05) is 13.1 Å². The average molecular weight is 255 g/mol. The maximum absolute atomic E-state index is 12.3. The summed E-state index contributed by atoms with van der Waals surface area (Å²) in [5.74, 6) is 0.732. The molecule has 0 amide bonds. The summed E-state index contributed by atoms with van der Waals surface area (Å²) in [5, 5.41) is 9.34. The standard InChI is InChI=1S/C12H17NO3S/c1-9-7-13(8-10(9)2)17(15,16)12-5-3-4-11(14)6-12/h3-6,9-10,14H,7-8H2,1-2H3. The van der Waals surface area contributed by atoms with E-state index in [2.05, 4.69) is 13.8 Å². The van der Waals surface area contributed by atoms with Gasteiger partial charge in [0.15, 0.2) is 0 Å². The van der Waals surface area contributed by atoms with Gasteiger partial charge in [0.05, 0.1) is 4.90 Å². The topological polar surface area (TPSA) is 57.6 Å². The maximum Gasteiger partial charge on any atom is 0.243 e. The number of phenols is 1. The normalized spacial score (nSPS) is 26.2. The second-order valence-electron chi connectivity index (χ2n) is 4.77. The molecule has 1 heterocycles. The fourth-order valence-electron chi connectivity index (χ4n) is 2.07. The molecule has 0 radical (unpaired) electrons. The van der Waals surface area contributed by atoms with Gasteiger partial charge in [-0.15, -0.1) is 0 Å². The van der Waals surface area contributed by atoms with Crippen LogP contribution in [0.3, 0.4) is 0 Å². The van der Waals surface area contributed by atoms with Crippen molar-refractivity contribution in [1.29, 1.82) is 0 Å². The Morgan fingerprint density at radius 2 is 1.82 bits per heavy atom. The number of aromatic hydroxyl groups is 1. The highest BCUT2D eigenvalue weighted by Crippen LogP contribution is 2.28. The summed E-state index contributed by atoms with van der Waals surface area (Å²) in [6.07, 6.45) is 0. The van der Waals surface area contributed by atoms with E-state index in [1.165, 1.54) is 22.5 Å². The van der Waals surface area contributed by atoms with E-state index in [-0.39, 0.29) is 10.6 Å². The van der Waals surface area contributed by atoms with Crippen LogP contribution in [0.15, 0.2) is 29.2 Å². The Hall–Kier alpha value is -1.07. The molecule has 17 heavy (non-hydrogen) atoms. The average Bonchev–Trinajstić information content (AvgIpc) is 2.60. The Kier molecular flexibility index (Phi) is 3.14. The van der Waals surface area contributed by atoms with Crippen LogP contribution in [0.2, 0.25) is 0 Å². The highest BCUT2D eigenvalue weighted by Gasteiger charge is 2.34. The van der Waals surface area contributed by atoms with Gasteiger partial charge in [0.2, 0.25) is 10.0 Å². The third-order valence-corrected chi connectivity index (χ3v) is 5.24. The summed E-state index contributed by atoms with van der Waals surface area (Å²) in [6.45, 7) is 5.23. The molecule has 0 bridgehead atoms. The molecule has 0 aromatic heterocycles. The third kappa shape index (κ3) is 2.30. The third-order valence-electron chi connectivity index (χ3n) is 3.41. The first-order valence-electron chi connectivity index (χ1n) is 5.70. The minimum absolute atomic E-state index is 0.0219. The first-order chi connectivity index (χ1) is 7.91. The molecule has 1 N–H and O–H groups in total. The Labute approximate surface area is 102 Å². The Balaban J connectivity index is 2.32. The molecule has 1 fully saturated rings. The molecule has 0 spiro atoms. The van der Waals surface area contributed by atoms with Crippen molar-refractivity contribution in [1.82, 2.24) is 4.31 Å². The van der Waals surface area contributed by atoms with E-state index in [0.29, 0.717) is 24.9 Å². The molecule has 1 saturated heterocycles. The van der Waals surface area contributed by atoms with Crippen molar-refractivity contribution in [3.8, 4) is 5.75 Å². The fourth-order valence-corrected chi connectivity index (χ4v) is 3.75. The van der Waals surface area contributed by atoms with Gasteiger partial charge in [-0.05, 0) is 30.0 Å². The van der Waals surface area contributed by atoms with Crippen LogP contribution < -0.4 is 0 Å². The predicted octanol–water partition coefficient (Wildman–Crippen LogP) is 1.67. The predicted molar refractivity (Wildman–Crippen MR) is 65.2 cm³/mol. The summed E-state index contributed by atoms with van der Waals surface area (Å²) in [6, 6.07) is 5.82. The van der Waals surface area contributed by atoms with Crippen LogP contribution in [0, 0.1) is 11.8 Å². The molecule has 1 aliphatic heterocycles. The number of rotatable bonds is 2. The number of nitrogens with zero attached hydrogens (tertiary/aromatic N) is 1. The number of benzene rings is 1. The smallest absolute Gasteiger partial charge is 0.243 e. The Morgan fingerprint density at radius 1 is 1.24 bits per heavy atom. The molecule has 2 unspecified atom stereocenters. The lowest BCUT2D eigenvalue weighted by atomic mass is 10.0. The summed E-state index contributed by atoms with van der Waals surface area (Å²) in [5.41, 5.74) is 0. The maximum atomic E-state index is 12.3. The molecule has 0 aliphatic carbocycles. The van der Waals surface area contributed by atoms with Crippen molar-refractivity contribution in [3.05, 3.63) is 24.3 Å². The van der Waals surface area contributed by atoms with Crippen LogP contribution in [0.5, 0.6) is 5.75 Å². The summed E-state index contributed by atoms with van der Waals surface area (Å²) >= 11 is 0. The lowest BCUT2D eigenvalue weighted by Gasteiger charge is -2.16. The summed E-state index contributed by atoms with van der Waals surface area (Å²) < 4.78 is 26.1. The number of hydrogen-bond donors (Lipinski definition) is 1. The van der Waals surface area contributed by atoms with E-state index in [1.807, 2.05) is 0 Å². The van der Waals surface area contributed by atoms with Crippen LogP contribution >= 0.6 is 0 Å². The van der Waals surface area contributed by atoms with Gasteiger partial charge in [-0.3, -0.25) is 0 Å². The first kappa shape index (κ1) is 12.4. The monoisotopic (exact) mass is 255 g/mol. The van der Waals surface area contributed by atoms with E-state index in [0.717, 1.165) is 0 Å². The van der Waals surface area contributed by atoms with Gasteiger partial charge in [-0.2, -0.15) is 4.31 Å². The zero-order valence-corrected chi connectivity index (χ0v) is 10.8. The minimum atomic E-state index is -3.45. The molecule has 4 nitrogen and oxygen atoms in total. The van der Waals surface area contributed by atoms with Crippen LogP contribution in [0.25, 0.3) is 0 Å². The Morgan fingerprint density at radius 3 is 2.35 bits per heavy atom. The molecular formula is C12H17NO3S. The van der Waals surface area contributed by atoms with Gasteiger partial charge < -0.3 is 5.11 Å². The van der Waals surface area contributed by atoms with Crippen molar-refractivity contribution in [2.24, 2.45) is 11.8 Å². The van der Waals surface area contributed by atoms with Crippen LogP contribution in [-0.2, 0) is 10.0 Å². The molecule has 94 valence electrons. The van der Waals surface area contributed by atoms with Gasteiger partial charge in [0.25, 0.3) is 0 Å². The lowest BCUT2D eigenvalue weighted by Crippen LogP contribution is -2.29. The molecule has 2 atom stereocenters. The van der Waals surface area contributed by atoms with Gasteiger partial charge in [-0.1, -0.05) is 19.9 Å². The van der Waals surface area contributed by atoms with Crippen molar-refractivity contribution >= 4 is 10.0 Å². The van der Waals surface area contributed by atoms with E-state index in [1.54, 1.807) is 6.07 Å². The van der Waals surface area contributed by atoms with E-state index in [9.17, 15) is 13.5 Å². The summed E-state index contributed by atoms with van der Waals surface area (Å²) in [4.78, 5) is 0.166. The van der Waals surface area contributed by atoms with Crippen molar-refractivity contribution < 1.29 is 13.5 Å². The van der Waals surface area contributed by atoms with Gasteiger partial charge in [0, 0.05) is 13.1 Å². The molecule has 2 rings (SSSR count). The Bertz CT molecular complexity index is 502. The first-order valence-corrected chi connectivity index (χ1v) is 7.14. The van der Waals surface area contributed by atoms with Crippen molar-refractivity contribution in [3.63, 3.8) is 0 Å². The minimum Gasteiger partial charge on any atom is -0.508 e. The second kappa shape index (κ2) is 4.31.